The standard InChI is InChI=1S/C18H37NO2.C12H26O.C8H10.C6H13NO2.CH4/c1-3-5-7-9-13-17(12-6-4-2)16-21-18(20)14-10-8-11-15-19;1-3-5-7-8-10-12(11-13)9-6-4-2;1-7-3-5-8(2)6-4-7;7-5-3-1-2-4-6(8)9;/h17H,3-16,19H2,1-2H3;12-13H,3-11H2,1-2H3;3-6H,1-2H3;1-5,7H2,(H,8,9);1H4/p+1. The number of aliphatic carboxylic acids is 1. The van der Waals surface area contributed by atoms with Gasteiger partial charge in [-0.1, -0.05) is 154 Å². The number of hydrogen-bond donors (Lipinski definition) is 4. The molecule has 0 spiro atoms. The van der Waals surface area contributed by atoms with Crippen molar-refractivity contribution in [3.63, 3.8) is 0 Å². The number of carboxylic acid groups (broad SMARTS) is 1. The fourth-order valence-corrected chi connectivity index (χ4v) is 5.48. The summed E-state index contributed by atoms with van der Waals surface area (Å²) in [6.07, 6.45) is 27.0. The first-order chi connectivity index (χ1) is 24.6. The molecule has 1 rings (SSSR count). The third-order valence-electron chi connectivity index (χ3n) is 9.05. The van der Waals surface area contributed by atoms with E-state index in [0.29, 0.717) is 38.0 Å². The average molecular weight is 740 g/mol. The fraction of sp³-hybridized carbons (Fsp3) is 0.822. The molecule has 310 valence electrons. The van der Waals surface area contributed by atoms with E-state index in [0.717, 1.165) is 45.1 Å². The van der Waals surface area contributed by atoms with Crippen molar-refractivity contribution < 1.29 is 30.3 Å². The lowest BCUT2D eigenvalue weighted by Gasteiger charge is -2.16. The van der Waals surface area contributed by atoms with Gasteiger partial charge >= 0.3 is 11.9 Å². The molecule has 0 saturated carbocycles. The summed E-state index contributed by atoms with van der Waals surface area (Å²) >= 11 is 0. The molecule has 0 heterocycles. The summed E-state index contributed by atoms with van der Waals surface area (Å²) in [7, 11) is 0. The quantitative estimate of drug-likeness (QED) is 0.0477. The number of benzene rings is 1. The van der Waals surface area contributed by atoms with Crippen molar-refractivity contribution in [2.75, 3.05) is 26.3 Å². The molecule has 7 heteroatoms. The van der Waals surface area contributed by atoms with E-state index in [-0.39, 0.29) is 19.8 Å². The van der Waals surface area contributed by atoms with Crippen LogP contribution in [0.4, 0.5) is 0 Å². The third kappa shape index (κ3) is 48.0. The Hall–Kier alpha value is -1.96. The summed E-state index contributed by atoms with van der Waals surface area (Å²) in [6, 6.07) is 8.48. The van der Waals surface area contributed by atoms with Gasteiger partial charge < -0.3 is 26.4 Å². The van der Waals surface area contributed by atoms with Crippen LogP contribution < -0.4 is 11.5 Å². The zero-order valence-corrected chi connectivity index (χ0v) is 34.7. The van der Waals surface area contributed by atoms with Crippen LogP contribution in [0.25, 0.3) is 0 Å². The maximum Gasteiger partial charge on any atom is 0.305 e. The summed E-state index contributed by atoms with van der Waals surface area (Å²) < 4.78 is 5.48. The van der Waals surface area contributed by atoms with Crippen molar-refractivity contribution in [2.24, 2.45) is 17.6 Å². The van der Waals surface area contributed by atoms with Crippen LogP contribution in [0, 0.1) is 25.7 Å². The Labute approximate surface area is 323 Å². The molecule has 0 saturated heterocycles. The summed E-state index contributed by atoms with van der Waals surface area (Å²) in [5.41, 5.74) is 11.7. The van der Waals surface area contributed by atoms with Gasteiger partial charge in [0.15, 0.2) is 0 Å². The molecule has 0 aliphatic heterocycles. The molecule has 1 aromatic carbocycles. The van der Waals surface area contributed by atoms with E-state index < -0.39 is 5.97 Å². The minimum absolute atomic E-state index is 0. The van der Waals surface area contributed by atoms with Crippen molar-refractivity contribution in [1.82, 2.24) is 0 Å². The minimum atomic E-state index is -0.716. The van der Waals surface area contributed by atoms with Crippen molar-refractivity contribution >= 4 is 11.9 Å². The number of carboxylic acids is 1. The van der Waals surface area contributed by atoms with Gasteiger partial charge in [-0.25, -0.2) is 0 Å². The summed E-state index contributed by atoms with van der Waals surface area (Å²) in [5, 5.41) is 17.3. The van der Waals surface area contributed by atoms with Crippen molar-refractivity contribution in [3.8, 4) is 0 Å². The van der Waals surface area contributed by atoms with Gasteiger partial charge in [0.05, 0.1) is 13.2 Å². The maximum absolute atomic E-state index is 11.7. The molecule has 52 heavy (non-hydrogen) atoms. The minimum Gasteiger partial charge on any atom is -0.481 e. The zero-order valence-electron chi connectivity index (χ0n) is 34.7. The number of aryl methyl sites for hydroxylation is 2. The highest BCUT2D eigenvalue weighted by Crippen LogP contribution is 2.19. The van der Waals surface area contributed by atoms with Crippen LogP contribution in [-0.4, -0.2) is 48.5 Å². The van der Waals surface area contributed by atoms with E-state index in [9.17, 15) is 9.59 Å². The maximum atomic E-state index is 11.7. The van der Waals surface area contributed by atoms with Gasteiger partial charge in [0.25, 0.3) is 0 Å². The third-order valence-corrected chi connectivity index (χ3v) is 9.05. The Balaban J connectivity index is -0.000000317. The van der Waals surface area contributed by atoms with Crippen LogP contribution in [0.1, 0.15) is 200 Å². The molecule has 7 N–H and O–H groups in total. The highest BCUT2D eigenvalue weighted by Gasteiger charge is 2.12. The fourth-order valence-electron chi connectivity index (χ4n) is 5.48. The van der Waals surface area contributed by atoms with E-state index >= 15 is 0 Å². The first-order valence-corrected chi connectivity index (χ1v) is 21.2. The molecule has 0 amide bonds. The topological polar surface area (TPSA) is 137 Å². The number of carbonyl (C=O) groups excluding carboxylic acids is 1. The molecular formula is C45H91N2O5+. The highest BCUT2D eigenvalue weighted by atomic mass is 16.5. The lowest BCUT2D eigenvalue weighted by Crippen LogP contribution is -2.50. The normalized spacial score (nSPS) is 11.3. The van der Waals surface area contributed by atoms with E-state index in [1.807, 2.05) is 0 Å². The molecular weight excluding hydrogens is 649 g/mol. The lowest BCUT2D eigenvalue weighted by molar-refractivity contribution is -0.368. The second-order valence-electron chi connectivity index (χ2n) is 14.4. The largest absolute Gasteiger partial charge is 0.481 e. The predicted molar refractivity (Wildman–Crippen MR) is 226 cm³/mol. The van der Waals surface area contributed by atoms with E-state index in [4.69, 9.17) is 20.7 Å². The molecule has 0 aromatic heterocycles. The smallest absolute Gasteiger partial charge is 0.305 e. The molecule has 0 fully saturated rings. The Morgan fingerprint density at radius 2 is 1.06 bits per heavy atom. The number of hydrogen-bond acceptors (Lipinski definition) is 5. The van der Waals surface area contributed by atoms with Gasteiger partial charge in [-0.05, 0) is 90.0 Å². The average Bonchev–Trinajstić information content (AvgIpc) is 3.13. The Morgan fingerprint density at radius 3 is 1.50 bits per heavy atom. The molecule has 0 aliphatic rings. The first-order valence-electron chi connectivity index (χ1n) is 21.2. The van der Waals surface area contributed by atoms with Crippen LogP contribution in [0.5, 0.6) is 0 Å². The summed E-state index contributed by atoms with van der Waals surface area (Å²) in [4.78, 5) is 21.7. The number of nitrogens with two attached hydrogens (primary N) is 1. The van der Waals surface area contributed by atoms with E-state index in [1.54, 1.807) is 0 Å². The summed E-state index contributed by atoms with van der Waals surface area (Å²) in [6.45, 7) is 15.8. The highest BCUT2D eigenvalue weighted by molar-refractivity contribution is 5.69. The number of carbonyl (C=O) groups is 2. The number of ether oxygens (including phenoxy) is 1. The SMILES string of the molecule is C.CCCCCCC(CCCC)COC(=O)CCCCC[NH3+].CCCCCCC(CO)CCCC.Cc1ccc(C)cc1.NCCCCCC(=O)O. The van der Waals surface area contributed by atoms with Crippen molar-refractivity contribution in [3.05, 3.63) is 35.4 Å². The van der Waals surface area contributed by atoms with Gasteiger partial charge in [0, 0.05) is 19.4 Å². The molecule has 7 nitrogen and oxygen atoms in total. The van der Waals surface area contributed by atoms with Crippen LogP contribution >= 0.6 is 0 Å². The van der Waals surface area contributed by atoms with Gasteiger partial charge in [-0.15, -0.1) is 0 Å². The number of unbranched alkanes of at least 4 members (excludes halogenated alkanes) is 12. The van der Waals surface area contributed by atoms with Crippen molar-refractivity contribution in [2.45, 2.75) is 203 Å². The monoisotopic (exact) mass is 740 g/mol. The van der Waals surface area contributed by atoms with E-state index in [2.05, 4.69) is 71.5 Å². The molecule has 2 unspecified atom stereocenters. The molecule has 2 atom stereocenters. The number of aliphatic hydroxyl groups is 1. The predicted octanol–water partition coefficient (Wildman–Crippen LogP) is 11.4. The van der Waals surface area contributed by atoms with Crippen LogP contribution in [0.3, 0.4) is 0 Å². The van der Waals surface area contributed by atoms with Crippen LogP contribution in [0.2, 0.25) is 0 Å². The van der Waals surface area contributed by atoms with Crippen LogP contribution in [0.15, 0.2) is 24.3 Å². The van der Waals surface area contributed by atoms with Gasteiger partial charge in [0.1, 0.15) is 0 Å². The Bertz CT molecular complexity index is 813. The number of rotatable bonds is 29. The lowest BCUT2D eigenvalue weighted by atomic mass is 9.96. The molecule has 1 aromatic rings. The number of quaternary nitrogens is 1. The first kappa shape index (κ1) is 56.8. The van der Waals surface area contributed by atoms with E-state index in [1.165, 1.54) is 114 Å². The van der Waals surface area contributed by atoms with Crippen LogP contribution in [-0.2, 0) is 14.3 Å². The number of aliphatic hydroxyl groups excluding tert-OH is 1. The Morgan fingerprint density at radius 1 is 0.635 bits per heavy atom. The van der Waals surface area contributed by atoms with Gasteiger partial charge in [0.2, 0.25) is 0 Å². The summed E-state index contributed by atoms with van der Waals surface area (Å²) in [5.74, 6) is 0.434. The Kier molecular flexibility index (Phi) is 51.4. The van der Waals surface area contributed by atoms with Crippen molar-refractivity contribution in [1.29, 1.82) is 0 Å². The second kappa shape index (κ2) is 47.1. The number of esters is 1. The molecule has 0 bridgehead atoms. The second-order valence-corrected chi connectivity index (χ2v) is 14.4. The zero-order chi connectivity index (χ0) is 38.8. The molecule has 0 radical (unpaired) electrons. The van der Waals surface area contributed by atoms with Gasteiger partial charge in [-0.3, -0.25) is 9.59 Å². The molecule has 0 aliphatic carbocycles. The van der Waals surface area contributed by atoms with Gasteiger partial charge in [-0.2, -0.15) is 0 Å².